The van der Waals surface area contributed by atoms with Crippen molar-refractivity contribution < 1.29 is 4.42 Å². The summed E-state index contributed by atoms with van der Waals surface area (Å²) in [5.74, 6) is 0. The Bertz CT molecular complexity index is 2470. The van der Waals surface area contributed by atoms with Crippen molar-refractivity contribution in [1.82, 2.24) is 0 Å². The molecule has 9 rings (SSSR count). The fourth-order valence-electron chi connectivity index (χ4n) is 6.60. The highest BCUT2D eigenvalue weighted by Gasteiger charge is 2.17. The van der Waals surface area contributed by atoms with Crippen molar-refractivity contribution in [3.8, 4) is 0 Å². The molecule has 0 bridgehead atoms. The molecule has 0 N–H and O–H groups in total. The fraction of sp³-hybridized carbons (Fsp3) is 0. The molecular formula is C40H25NO. The van der Waals surface area contributed by atoms with E-state index in [-0.39, 0.29) is 0 Å². The third-order valence-corrected chi connectivity index (χ3v) is 8.60. The van der Waals surface area contributed by atoms with Gasteiger partial charge in [0.25, 0.3) is 0 Å². The lowest BCUT2D eigenvalue weighted by molar-refractivity contribution is 0.672. The van der Waals surface area contributed by atoms with E-state index in [9.17, 15) is 0 Å². The number of fused-ring (bicyclic) bond motifs is 10. The molecule has 196 valence electrons. The Labute approximate surface area is 242 Å². The van der Waals surface area contributed by atoms with Gasteiger partial charge in [0, 0.05) is 33.2 Å². The maximum absolute atomic E-state index is 6.43. The molecule has 0 aliphatic heterocycles. The van der Waals surface area contributed by atoms with Gasteiger partial charge < -0.3 is 9.32 Å². The van der Waals surface area contributed by atoms with Crippen LogP contribution in [0.25, 0.3) is 65.0 Å². The second-order valence-electron chi connectivity index (χ2n) is 11.0. The van der Waals surface area contributed by atoms with Crippen LogP contribution >= 0.6 is 0 Å². The Morgan fingerprint density at radius 1 is 0.333 bits per heavy atom. The van der Waals surface area contributed by atoms with Crippen molar-refractivity contribution in [2.75, 3.05) is 4.90 Å². The molecule has 2 nitrogen and oxygen atoms in total. The van der Waals surface area contributed by atoms with Gasteiger partial charge in [0.2, 0.25) is 0 Å². The van der Waals surface area contributed by atoms with E-state index in [0.29, 0.717) is 0 Å². The quantitative estimate of drug-likeness (QED) is 0.209. The highest BCUT2D eigenvalue weighted by Crippen LogP contribution is 2.41. The molecule has 0 saturated heterocycles. The molecule has 0 aliphatic carbocycles. The van der Waals surface area contributed by atoms with Crippen LogP contribution in [0.1, 0.15) is 0 Å². The number of furan rings is 1. The van der Waals surface area contributed by atoms with E-state index in [0.717, 1.165) is 44.4 Å². The van der Waals surface area contributed by atoms with Crippen molar-refractivity contribution in [3.05, 3.63) is 152 Å². The highest BCUT2D eigenvalue weighted by molar-refractivity contribution is 6.18. The van der Waals surface area contributed by atoms with Crippen LogP contribution in [0, 0.1) is 0 Å². The van der Waals surface area contributed by atoms with Gasteiger partial charge in [-0.25, -0.2) is 0 Å². The molecular weight excluding hydrogens is 510 g/mol. The zero-order valence-corrected chi connectivity index (χ0v) is 22.8. The first-order valence-electron chi connectivity index (χ1n) is 14.4. The molecule has 42 heavy (non-hydrogen) atoms. The average molecular weight is 536 g/mol. The number of benzene rings is 8. The smallest absolute Gasteiger partial charge is 0.143 e. The molecule has 0 aliphatic rings. The summed E-state index contributed by atoms with van der Waals surface area (Å²) in [4.78, 5) is 2.35. The van der Waals surface area contributed by atoms with E-state index >= 15 is 0 Å². The van der Waals surface area contributed by atoms with E-state index in [2.05, 4.69) is 157 Å². The monoisotopic (exact) mass is 535 g/mol. The number of hydrogen-bond donors (Lipinski definition) is 0. The fourth-order valence-corrected chi connectivity index (χ4v) is 6.60. The van der Waals surface area contributed by atoms with Crippen molar-refractivity contribution in [1.29, 1.82) is 0 Å². The first-order valence-corrected chi connectivity index (χ1v) is 14.4. The largest absolute Gasteiger partial charge is 0.455 e. The standard InChI is InChI=1S/C40H25NO/c1-2-10-29(11-3-1)41(31-19-23-39-38(25-31)36-22-17-27-9-5-7-13-33(27)40(36)42-39)30-18-14-28-16-20-34-32-12-6-4-8-26(32)15-21-35(34)37(28)24-30/h1-25H. The van der Waals surface area contributed by atoms with Crippen LogP contribution in [0.4, 0.5) is 17.1 Å². The number of hydrogen-bond acceptors (Lipinski definition) is 2. The van der Waals surface area contributed by atoms with Gasteiger partial charge in [-0.1, -0.05) is 103 Å². The predicted octanol–water partition coefficient (Wildman–Crippen LogP) is 11.7. The average Bonchev–Trinajstić information content (AvgIpc) is 3.44. The highest BCUT2D eigenvalue weighted by atomic mass is 16.3. The summed E-state index contributed by atoms with van der Waals surface area (Å²) in [6.45, 7) is 0. The molecule has 2 heteroatoms. The molecule has 8 aromatic carbocycles. The number of para-hydroxylation sites is 1. The van der Waals surface area contributed by atoms with Gasteiger partial charge >= 0.3 is 0 Å². The lowest BCUT2D eigenvalue weighted by Crippen LogP contribution is -2.09. The molecule has 0 saturated carbocycles. The van der Waals surface area contributed by atoms with E-state index in [1.807, 2.05) is 0 Å². The third kappa shape index (κ3) is 3.45. The molecule has 0 atom stereocenters. The molecule has 0 spiro atoms. The maximum Gasteiger partial charge on any atom is 0.143 e. The maximum atomic E-state index is 6.43. The van der Waals surface area contributed by atoms with E-state index in [1.54, 1.807) is 0 Å². The summed E-state index contributed by atoms with van der Waals surface area (Å²) in [5.41, 5.74) is 5.16. The van der Waals surface area contributed by atoms with Gasteiger partial charge in [-0.05, 0) is 86.2 Å². The topological polar surface area (TPSA) is 16.4 Å². The number of anilines is 3. The second-order valence-corrected chi connectivity index (χ2v) is 11.0. The Hall–Kier alpha value is -5.60. The second kappa shape index (κ2) is 8.95. The van der Waals surface area contributed by atoms with Gasteiger partial charge in [-0.15, -0.1) is 0 Å². The number of nitrogens with zero attached hydrogens (tertiary/aromatic N) is 1. The number of rotatable bonds is 3. The van der Waals surface area contributed by atoms with E-state index < -0.39 is 0 Å². The molecule has 0 fully saturated rings. The van der Waals surface area contributed by atoms with Gasteiger partial charge in [0.15, 0.2) is 0 Å². The predicted molar refractivity (Wildman–Crippen MR) is 178 cm³/mol. The van der Waals surface area contributed by atoms with Gasteiger partial charge in [-0.2, -0.15) is 0 Å². The normalized spacial score (nSPS) is 11.8. The van der Waals surface area contributed by atoms with Crippen LogP contribution in [-0.2, 0) is 0 Å². The van der Waals surface area contributed by atoms with E-state index in [1.165, 1.54) is 37.7 Å². The zero-order chi connectivity index (χ0) is 27.6. The molecule has 0 amide bonds. The van der Waals surface area contributed by atoms with Crippen molar-refractivity contribution >= 4 is 82.1 Å². The van der Waals surface area contributed by atoms with Crippen LogP contribution in [0.3, 0.4) is 0 Å². The summed E-state index contributed by atoms with van der Waals surface area (Å²) in [7, 11) is 0. The van der Waals surface area contributed by atoms with Gasteiger partial charge in [-0.3, -0.25) is 0 Å². The van der Waals surface area contributed by atoms with Crippen LogP contribution in [0.15, 0.2) is 156 Å². The van der Waals surface area contributed by atoms with Crippen LogP contribution in [-0.4, -0.2) is 0 Å². The summed E-state index contributed by atoms with van der Waals surface area (Å²) in [6, 6.07) is 54.4. The minimum Gasteiger partial charge on any atom is -0.455 e. The van der Waals surface area contributed by atoms with Crippen LogP contribution in [0.2, 0.25) is 0 Å². The molecule has 9 aromatic rings. The summed E-state index contributed by atoms with van der Waals surface area (Å²) in [6.07, 6.45) is 0. The summed E-state index contributed by atoms with van der Waals surface area (Å²) < 4.78 is 6.43. The molecule has 1 heterocycles. The Balaban J connectivity index is 1.28. The molecule has 0 unspecified atom stereocenters. The Morgan fingerprint density at radius 3 is 1.67 bits per heavy atom. The minimum absolute atomic E-state index is 0.898. The van der Waals surface area contributed by atoms with Crippen molar-refractivity contribution in [2.45, 2.75) is 0 Å². The first-order chi connectivity index (χ1) is 20.8. The summed E-state index contributed by atoms with van der Waals surface area (Å²) in [5, 5.41) is 12.2. The molecule has 1 aromatic heterocycles. The SMILES string of the molecule is c1ccc(N(c2ccc3ccc4c5ccccc5ccc4c3c2)c2ccc3oc4c5ccccc5ccc4c3c2)cc1. The minimum atomic E-state index is 0.898. The molecule has 0 radical (unpaired) electrons. The Morgan fingerprint density at radius 2 is 0.881 bits per heavy atom. The van der Waals surface area contributed by atoms with Crippen molar-refractivity contribution in [2.24, 2.45) is 0 Å². The van der Waals surface area contributed by atoms with Gasteiger partial charge in [0.1, 0.15) is 11.2 Å². The summed E-state index contributed by atoms with van der Waals surface area (Å²) >= 11 is 0. The zero-order valence-electron chi connectivity index (χ0n) is 22.8. The van der Waals surface area contributed by atoms with Gasteiger partial charge in [0.05, 0.1) is 0 Å². The van der Waals surface area contributed by atoms with Crippen molar-refractivity contribution in [3.63, 3.8) is 0 Å². The van der Waals surface area contributed by atoms with E-state index in [4.69, 9.17) is 4.42 Å². The van der Waals surface area contributed by atoms with Crippen LogP contribution in [0.5, 0.6) is 0 Å². The third-order valence-electron chi connectivity index (χ3n) is 8.60. The Kier molecular flexibility index (Phi) is 4.93. The van der Waals surface area contributed by atoms with Crippen LogP contribution < -0.4 is 4.90 Å². The lowest BCUT2D eigenvalue weighted by Gasteiger charge is -2.26. The first kappa shape index (κ1) is 23.1. The lowest BCUT2D eigenvalue weighted by atomic mass is 9.96.